The molecule has 0 aromatic heterocycles. The average molecular weight is 221 g/mol. The Morgan fingerprint density at radius 1 is 1.21 bits per heavy atom. The van der Waals surface area contributed by atoms with Gasteiger partial charge in [0, 0.05) is 25.8 Å². The van der Waals surface area contributed by atoms with Gasteiger partial charge in [-0.2, -0.15) is 11.8 Å². The van der Waals surface area contributed by atoms with Gasteiger partial charge in [0.15, 0.2) is 0 Å². The van der Waals surface area contributed by atoms with Crippen molar-refractivity contribution in [2.45, 2.75) is 13.3 Å². The smallest absolute Gasteiger partial charge is 0.219 e. The number of aliphatic hydroxyl groups is 2. The van der Waals surface area contributed by atoms with E-state index >= 15 is 0 Å². The third-order valence-electron chi connectivity index (χ3n) is 1.77. The number of aliphatic hydroxyl groups excluding tert-OH is 2. The normalized spacial score (nSPS) is 10.2. The lowest BCUT2D eigenvalue weighted by molar-refractivity contribution is -0.129. The van der Waals surface area contributed by atoms with Crippen LogP contribution in [0.5, 0.6) is 0 Å². The lowest BCUT2D eigenvalue weighted by Gasteiger charge is -2.19. The summed E-state index contributed by atoms with van der Waals surface area (Å²) in [5, 5.41) is 17.2. The quantitative estimate of drug-likeness (QED) is 0.564. The summed E-state index contributed by atoms with van der Waals surface area (Å²) in [7, 11) is 0. The predicted molar refractivity (Wildman–Crippen MR) is 58.4 cm³/mol. The van der Waals surface area contributed by atoms with Crippen LogP contribution in [0.25, 0.3) is 0 Å². The highest BCUT2D eigenvalue weighted by Crippen LogP contribution is 2.02. The first-order chi connectivity index (χ1) is 6.72. The maximum atomic E-state index is 11.0. The summed E-state index contributed by atoms with van der Waals surface area (Å²) in [4.78, 5) is 12.7. The zero-order chi connectivity index (χ0) is 10.8. The molecule has 0 fully saturated rings. The first kappa shape index (κ1) is 13.7. The Balaban J connectivity index is 3.46. The van der Waals surface area contributed by atoms with Gasteiger partial charge < -0.3 is 15.1 Å². The SMILES string of the molecule is CC(=O)N(CCO)CCCSCCO. The Labute approximate surface area is 89.3 Å². The van der Waals surface area contributed by atoms with Crippen LogP contribution in [0.3, 0.4) is 0 Å². The van der Waals surface area contributed by atoms with Gasteiger partial charge in [-0.15, -0.1) is 0 Å². The van der Waals surface area contributed by atoms with E-state index in [4.69, 9.17) is 10.2 Å². The van der Waals surface area contributed by atoms with Crippen molar-refractivity contribution in [3.8, 4) is 0 Å². The van der Waals surface area contributed by atoms with Gasteiger partial charge in [0.1, 0.15) is 0 Å². The molecule has 0 aromatic rings. The molecule has 14 heavy (non-hydrogen) atoms. The predicted octanol–water partition coefficient (Wildman–Crippen LogP) is -0.0572. The zero-order valence-corrected chi connectivity index (χ0v) is 9.42. The number of carbonyl (C=O) groups is 1. The second-order valence-electron chi connectivity index (χ2n) is 2.92. The minimum Gasteiger partial charge on any atom is -0.396 e. The van der Waals surface area contributed by atoms with Crippen LogP contribution in [0.2, 0.25) is 0 Å². The minimum atomic E-state index is 0.00575. The van der Waals surface area contributed by atoms with Crippen molar-refractivity contribution in [2.75, 3.05) is 37.8 Å². The van der Waals surface area contributed by atoms with E-state index < -0.39 is 0 Å². The Bertz CT molecular complexity index is 155. The van der Waals surface area contributed by atoms with Crippen molar-refractivity contribution in [2.24, 2.45) is 0 Å². The molecule has 0 aliphatic rings. The Morgan fingerprint density at radius 2 is 1.93 bits per heavy atom. The van der Waals surface area contributed by atoms with E-state index in [1.807, 2.05) is 0 Å². The number of amides is 1. The fourth-order valence-electron chi connectivity index (χ4n) is 1.07. The summed E-state index contributed by atoms with van der Waals surface area (Å²) < 4.78 is 0. The molecule has 0 aliphatic heterocycles. The van der Waals surface area contributed by atoms with Crippen LogP contribution >= 0.6 is 11.8 Å². The topological polar surface area (TPSA) is 60.8 Å². The van der Waals surface area contributed by atoms with Crippen LogP contribution in [0.15, 0.2) is 0 Å². The molecule has 0 rings (SSSR count). The third-order valence-corrected chi connectivity index (χ3v) is 2.82. The standard InChI is InChI=1S/C9H19NO3S/c1-9(13)10(4-5-11)3-2-7-14-8-6-12/h11-12H,2-8H2,1H3. The van der Waals surface area contributed by atoms with E-state index in [-0.39, 0.29) is 19.1 Å². The summed E-state index contributed by atoms with van der Waals surface area (Å²) in [6, 6.07) is 0. The average Bonchev–Trinajstić information content (AvgIpc) is 2.15. The Kier molecular flexibility index (Phi) is 9.13. The van der Waals surface area contributed by atoms with Crippen molar-refractivity contribution in [3.63, 3.8) is 0 Å². The van der Waals surface area contributed by atoms with Gasteiger partial charge in [0.05, 0.1) is 13.2 Å². The van der Waals surface area contributed by atoms with E-state index in [0.717, 1.165) is 17.9 Å². The van der Waals surface area contributed by atoms with E-state index in [9.17, 15) is 4.79 Å². The molecular formula is C9H19NO3S. The number of carbonyl (C=O) groups excluding carboxylic acids is 1. The van der Waals surface area contributed by atoms with Gasteiger partial charge in [-0.1, -0.05) is 0 Å². The first-order valence-electron chi connectivity index (χ1n) is 4.77. The summed E-state index contributed by atoms with van der Waals surface area (Å²) in [5.41, 5.74) is 0. The minimum absolute atomic E-state index is 0.00575. The van der Waals surface area contributed by atoms with Gasteiger partial charge in [-0.05, 0) is 12.2 Å². The van der Waals surface area contributed by atoms with Gasteiger partial charge in [-0.3, -0.25) is 4.79 Å². The molecule has 1 amide bonds. The third kappa shape index (κ3) is 7.17. The molecular weight excluding hydrogens is 202 g/mol. The molecule has 0 spiro atoms. The van der Waals surface area contributed by atoms with Crippen molar-refractivity contribution in [1.82, 2.24) is 4.90 Å². The Morgan fingerprint density at radius 3 is 2.43 bits per heavy atom. The van der Waals surface area contributed by atoms with Crippen molar-refractivity contribution < 1.29 is 15.0 Å². The number of nitrogens with zero attached hydrogens (tertiary/aromatic N) is 1. The first-order valence-corrected chi connectivity index (χ1v) is 5.92. The lowest BCUT2D eigenvalue weighted by atomic mass is 10.4. The summed E-state index contributed by atoms with van der Waals surface area (Å²) in [6.07, 6.45) is 0.907. The van der Waals surface area contributed by atoms with Crippen LogP contribution < -0.4 is 0 Å². The lowest BCUT2D eigenvalue weighted by Crippen LogP contribution is -2.32. The largest absolute Gasteiger partial charge is 0.396 e. The molecule has 0 atom stereocenters. The monoisotopic (exact) mass is 221 g/mol. The zero-order valence-electron chi connectivity index (χ0n) is 8.61. The van der Waals surface area contributed by atoms with E-state index in [1.54, 1.807) is 16.7 Å². The van der Waals surface area contributed by atoms with E-state index in [0.29, 0.717) is 13.1 Å². The highest BCUT2D eigenvalue weighted by Gasteiger charge is 2.06. The van der Waals surface area contributed by atoms with Gasteiger partial charge >= 0.3 is 0 Å². The number of hydrogen-bond donors (Lipinski definition) is 2. The fraction of sp³-hybridized carbons (Fsp3) is 0.889. The van der Waals surface area contributed by atoms with Crippen molar-refractivity contribution >= 4 is 17.7 Å². The Hall–Kier alpha value is -0.260. The van der Waals surface area contributed by atoms with Gasteiger partial charge in [0.2, 0.25) is 5.91 Å². The molecule has 5 heteroatoms. The molecule has 2 N–H and O–H groups in total. The molecule has 0 heterocycles. The maximum absolute atomic E-state index is 11.0. The summed E-state index contributed by atoms with van der Waals surface area (Å²) >= 11 is 1.67. The second-order valence-corrected chi connectivity index (χ2v) is 4.14. The highest BCUT2D eigenvalue weighted by molar-refractivity contribution is 7.99. The number of thioether (sulfide) groups is 1. The maximum Gasteiger partial charge on any atom is 0.219 e. The van der Waals surface area contributed by atoms with Crippen molar-refractivity contribution in [1.29, 1.82) is 0 Å². The highest BCUT2D eigenvalue weighted by atomic mass is 32.2. The van der Waals surface area contributed by atoms with E-state index in [1.165, 1.54) is 6.92 Å². The van der Waals surface area contributed by atoms with Crippen LogP contribution in [-0.2, 0) is 4.79 Å². The molecule has 0 radical (unpaired) electrons. The van der Waals surface area contributed by atoms with Crippen LogP contribution in [0, 0.1) is 0 Å². The van der Waals surface area contributed by atoms with Gasteiger partial charge in [0.25, 0.3) is 0 Å². The molecule has 0 bridgehead atoms. The van der Waals surface area contributed by atoms with Crippen LogP contribution in [0.4, 0.5) is 0 Å². The number of hydrogen-bond acceptors (Lipinski definition) is 4. The molecule has 0 saturated heterocycles. The van der Waals surface area contributed by atoms with Crippen LogP contribution in [0.1, 0.15) is 13.3 Å². The molecule has 84 valence electrons. The van der Waals surface area contributed by atoms with Crippen molar-refractivity contribution in [3.05, 3.63) is 0 Å². The van der Waals surface area contributed by atoms with E-state index in [2.05, 4.69) is 0 Å². The molecule has 0 unspecified atom stereocenters. The molecule has 0 saturated carbocycles. The fourth-order valence-corrected chi connectivity index (χ4v) is 1.74. The second kappa shape index (κ2) is 9.30. The summed E-state index contributed by atoms with van der Waals surface area (Å²) in [6.45, 7) is 2.84. The molecule has 4 nitrogen and oxygen atoms in total. The number of rotatable bonds is 8. The van der Waals surface area contributed by atoms with Gasteiger partial charge in [-0.25, -0.2) is 0 Å². The summed E-state index contributed by atoms with van der Waals surface area (Å²) in [5.74, 6) is 1.70. The molecule has 0 aromatic carbocycles. The van der Waals surface area contributed by atoms with Crippen LogP contribution in [-0.4, -0.2) is 58.8 Å². The molecule has 0 aliphatic carbocycles.